The molecule has 0 unspecified atom stereocenters. The lowest BCUT2D eigenvalue weighted by Crippen LogP contribution is -2.06. The number of nitrogens with zero attached hydrogens (tertiary/aromatic N) is 2. The fourth-order valence-corrected chi connectivity index (χ4v) is 3.40. The Morgan fingerprint density at radius 1 is 0.950 bits per heavy atom. The van der Waals surface area contributed by atoms with Crippen LogP contribution in [-0.2, 0) is 0 Å². The average Bonchev–Trinajstić information content (AvgIpc) is 2.29. The van der Waals surface area contributed by atoms with Crippen molar-refractivity contribution < 1.29 is 0 Å². The first-order valence-electron chi connectivity index (χ1n) is 6.86. The minimum Gasteiger partial charge on any atom is -0.241 e. The molecule has 2 nitrogen and oxygen atoms in total. The minimum absolute atomic E-state index is 0.232. The molecule has 0 N–H and O–H groups in total. The van der Waals surface area contributed by atoms with Gasteiger partial charge in [-0.1, -0.05) is 26.8 Å². The number of thioether (sulfide) groups is 1. The second-order valence-corrected chi connectivity index (χ2v) is 8.01. The molecule has 0 amide bonds. The molecule has 0 saturated carbocycles. The summed E-state index contributed by atoms with van der Waals surface area (Å²) in [5, 5.41) is 0. The van der Waals surface area contributed by atoms with Crippen LogP contribution in [0.25, 0.3) is 11.1 Å². The van der Waals surface area contributed by atoms with Crippen LogP contribution in [0.4, 0.5) is 0 Å². The number of rotatable bonds is 2. The SMILES string of the molecule is Cc1cc(SC(C)(C)C)ccc1-c1c(C)ncnc1C. The number of aryl methyl sites for hydroxylation is 3. The third kappa shape index (κ3) is 3.40. The molecule has 106 valence electrons. The molecule has 0 atom stereocenters. The second kappa shape index (κ2) is 5.57. The summed E-state index contributed by atoms with van der Waals surface area (Å²) in [7, 11) is 0. The summed E-state index contributed by atoms with van der Waals surface area (Å²) in [6.07, 6.45) is 1.63. The van der Waals surface area contributed by atoms with Crippen molar-refractivity contribution in [2.24, 2.45) is 0 Å². The van der Waals surface area contributed by atoms with Crippen molar-refractivity contribution in [3.8, 4) is 11.1 Å². The van der Waals surface area contributed by atoms with E-state index in [0.717, 1.165) is 17.0 Å². The normalized spacial score (nSPS) is 11.7. The highest BCUT2D eigenvalue weighted by Crippen LogP contribution is 2.35. The Hall–Kier alpha value is -1.35. The van der Waals surface area contributed by atoms with Gasteiger partial charge in [-0.15, -0.1) is 11.8 Å². The molecule has 2 aromatic rings. The van der Waals surface area contributed by atoms with E-state index in [1.165, 1.54) is 16.0 Å². The molecule has 0 aliphatic heterocycles. The highest BCUT2D eigenvalue weighted by molar-refractivity contribution is 8.00. The molecule has 20 heavy (non-hydrogen) atoms. The summed E-state index contributed by atoms with van der Waals surface area (Å²) in [6.45, 7) is 13.0. The number of benzene rings is 1. The minimum atomic E-state index is 0.232. The van der Waals surface area contributed by atoms with Crippen molar-refractivity contribution in [2.45, 2.75) is 51.2 Å². The predicted molar refractivity (Wildman–Crippen MR) is 87.3 cm³/mol. The van der Waals surface area contributed by atoms with Gasteiger partial charge in [0.05, 0.1) is 0 Å². The third-order valence-corrected chi connectivity index (χ3v) is 4.22. The molecular weight excluding hydrogens is 264 g/mol. The lowest BCUT2D eigenvalue weighted by atomic mass is 9.98. The van der Waals surface area contributed by atoms with Gasteiger partial charge < -0.3 is 0 Å². The van der Waals surface area contributed by atoms with E-state index in [1.54, 1.807) is 6.33 Å². The summed E-state index contributed by atoms with van der Waals surface area (Å²) < 4.78 is 0.232. The Balaban J connectivity index is 2.45. The lowest BCUT2D eigenvalue weighted by Gasteiger charge is -2.19. The van der Waals surface area contributed by atoms with Crippen LogP contribution in [0.15, 0.2) is 29.4 Å². The Morgan fingerprint density at radius 2 is 1.55 bits per heavy atom. The fourth-order valence-electron chi connectivity index (χ4n) is 2.32. The van der Waals surface area contributed by atoms with Crippen LogP contribution in [0, 0.1) is 20.8 Å². The average molecular weight is 286 g/mol. The first-order chi connectivity index (χ1) is 9.28. The number of aromatic nitrogens is 2. The van der Waals surface area contributed by atoms with Crippen molar-refractivity contribution in [3.05, 3.63) is 41.5 Å². The first-order valence-corrected chi connectivity index (χ1v) is 7.68. The molecule has 1 aromatic heterocycles. The summed E-state index contributed by atoms with van der Waals surface area (Å²) in [5.74, 6) is 0. The zero-order valence-corrected chi connectivity index (χ0v) is 13.9. The maximum absolute atomic E-state index is 4.32. The zero-order chi connectivity index (χ0) is 14.9. The van der Waals surface area contributed by atoms with E-state index >= 15 is 0 Å². The van der Waals surface area contributed by atoms with E-state index in [2.05, 4.69) is 55.9 Å². The highest BCUT2D eigenvalue weighted by atomic mass is 32.2. The van der Waals surface area contributed by atoms with Gasteiger partial charge in [-0.3, -0.25) is 0 Å². The zero-order valence-electron chi connectivity index (χ0n) is 13.1. The van der Waals surface area contributed by atoms with E-state index < -0.39 is 0 Å². The second-order valence-electron chi connectivity index (χ2n) is 6.11. The van der Waals surface area contributed by atoms with Crippen LogP contribution in [0.3, 0.4) is 0 Å². The van der Waals surface area contributed by atoms with Crippen LogP contribution in [0.1, 0.15) is 37.7 Å². The van der Waals surface area contributed by atoms with Gasteiger partial charge in [0.25, 0.3) is 0 Å². The molecule has 1 aromatic carbocycles. The molecule has 0 fully saturated rings. The van der Waals surface area contributed by atoms with Crippen LogP contribution in [0.2, 0.25) is 0 Å². The molecular formula is C17H22N2S. The van der Waals surface area contributed by atoms with E-state index in [9.17, 15) is 0 Å². The van der Waals surface area contributed by atoms with Crippen molar-refractivity contribution in [1.82, 2.24) is 9.97 Å². The van der Waals surface area contributed by atoms with E-state index in [4.69, 9.17) is 0 Å². The Morgan fingerprint density at radius 3 is 2.05 bits per heavy atom. The van der Waals surface area contributed by atoms with Crippen LogP contribution >= 0.6 is 11.8 Å². The standard InChI is InChI=1S/C17H22N2S/c1-11-9-14(20-17(4,5)6)7-8-15(11)16-12(2)18-10-19-13(16)3/h7-10H,1-6H3. The topological polar surface area (TPSA) is 25.8 Å². The van der Waals surface area contributed by atoms with Gasteiger partial charge in [0, 0.05) is 26.6 Å². The molecule has 2 rings (SSSR count). The smallest absolute Gasteiger partial charge is 0.115 e. The van der Waals surface area contributed by atoms with Crippen LogP contribution in [0.5, 0.6) is 0 Å². The molecule has 0 spiro atoms. The number of hydrogen-bond acceptors (Lipinski definition) is 3. The molecule has 3 heteroatoms. The fraction of sp³-hybridized carbons (Fsp3) is 0.412. The molecule has 0 aliphatic rings. The number of hydrogen-bond donors (Lipinski definition) is 0. The van der Waals surface area contributed by atoms with E-state index in [-0.39, 0.29) is 4.75 Å². The maximum Gasteiger partial charge on any atom is 0.115 e. The van der Waals surface area contributed by atoms with E-state index in [1.807, 2.05) is 25.6 Å². The van der Waals surface area contributed by atoms with Crippen molar-refractivity contribution >= 4 is 11.8 Å². The largest absolute Gasteiger partial charge is 0.241 e. The van der Waals surface area contributed by atoms with Crippen molar-refractivity contribution in [2.75, 3.05) is 0 Å². The summed E-state index contributed by atoms with van der Waals surface area (Å²) in [6, 6.07) is 6.66. The van der Waals surface area contributed by atoms with E-state index in [0.29, 0.717) is 0 Å². The molecule has 0 radical (unpaired) electrons. The van der Waals surface area contributed by atoms with Gasteiger partial charge in [-0.05, 0) is 44.0 Å². The van der Waals surface area contributed by atoms with Crippen molar-refractivity contribution in [3.63, 3.8) is 0 Å². The third-order valence-electron chi connectivity index (χ3n) is 3.12. The predicted octanol–water partition coefficient (Wildman–Crippen LogP) is 4.96. The summed E-state index contributed by atoms with van der Waals surface area (Å²) in [4.78, 5) is 9.96. The maximum atomic E-state index is 4.32. The van der Waals surface area contributed by atoms with Crippen molar-refractivity contribution in [1.29, 1.82) is 0 Å². The summed E-state index contributed by atoms with van der Waals surface area (Å²) in [5.41, 5.74) is 5.75. The van der Waals surface area contributed by atoms with Crippen LogP contribution < -0.4 is 0 Å². The Bertz CT molecular complexity index is 607. The van der Waals surface area contributed by atoms with Gasteiger partial charge in [0.2, 0.25) is 0 Å². The highest BCUT2D eigenvalue weighted by Gasteiger charge is 2.14. The van der Waals surface area contributed by atoms with Gasteiger partial charge in [-0.25, -0.2) is 9.97 Å². The van der Waals surface area contributed by atoms with Gasteiger partial charge in [-0.2, -0.15) is 0 Å². The van der Waals surface area contributed by atoms with Gasteiger partial charge in [0.1, 0.15) is 6.33 Å². The summed E-state index contributed by atoms with van der Waals surface area (Å²) >= 11 is 1.90. The quantitative estimate of drug-likeness (QED) is 0.730. The Labute approximate surface area is 126 Å². The van der Waals surface area contributed by atoms with Crippen LogP contribution in [-0.4, -0.2) is 14.7 Å². The first kappa shape index (κ1) is 15.0. The molecule has 1 heterocycles. The molecule has 0 bridgehead atoms. The van der Waals surface area contributed by atoms with Gasteiger partial charge >= 0.3 is 0 Å². The molecule has 0 saturated heterocycles. The monoisotopic (exact) mass is 286 g/mol. The molecule has 0 aliphatic carbocycles. The Kier molecular flexibility index (Phi) is 4.19. The lowest BCUT2D eigenvalue weighted by molar-refractivity contribution is 0.803. The van der Waals surface area contributed by atoms with Gasteiger partial charge in [0.15, 0.2) is 0 Å².